The minimum atomic E-state index is 0.178. The van der Waals surface area contributed by atoms with Gasteiger partial charge in [-0.2, -0.15) is 0 Å². The lowest BCUT2D eigenvalue weighted by Crippen LogP contribution is -2.37. The van der Waals surface area contributed by atoms with Crippen LogP contribution in [0.3, 0.4) is 0 Å². The van der Waals surface area contributed by atoms with Crippen LogP contribution < -0.4 is 10.5 Å². The van der Waals surface area contributed by atoms with Crippen LogP contribution in [-0.2, 0) is 5.41 Å². The van der Waals surface area contributed by atoms with Gasteiger partial charge >= 0.3 is 0 Å². The number of methoxy groups -OCH3 is 1. The molecule has 0 spiro atoms. The van der Waals surface area contributed by atoms with E-state index >= 15 is 0 Å². The Labute approximate surface area is 118 Å². The first-order valence-corrected chi connectivity index (χ1v) is 7.47. The first-order chi connectivity index (χ1) is 8.63. The van der Waals surface area contributed by atoms with Crippen molar-refractivity contribution in [2.45, 2.75) is 44.4 Å². The molecular weight excluding hydrogens is 290 g/mol. The Morgan fingerprint density at radius 1 is 1.28 bits per heavy atom. The summed E-state index contributed by atoms with van der Waals surface area (Å²) in [6, 6.07) is 4.45. The number of rotatable bonds is 3. The minimum Gasteiger partial charge on any atom is -0.495 e. The zero-order chi connectivity index (χ0) is 13.2. The van der Waals surface area contributed by atoms with Gasteiger partial charge in [-0.15, -0.1) is 0 Å². The van der Waals surface area contributed by atoms with Crippen LogP contribution in [-0.4, -0.2) is 13.7 Å². The normalized spacial score (nSPS) is 18.7. The van der Waals surface area contributed by atoms with Gasteiger partial charge in [-0.05, 0) is 52.9 Å². The maximum atomic E-state index is 6.09. The highest BCUT2D eigenvalue weighted by Crippen LogP contribution is 2.42. The Hall–Kier alpha value is -0.540. The molecule has 0 radical (unpaired) electrons. The Kier molecular flexibility index (Phi) is 4.33. The van der Waals surface area contributed by atoms with Gasteiger partial charge in [0.15, 0.2) is 0 Å². The van der Waals surface area contributed by atoms with Crippen LogP contribution in [0.25, 0.3) is 0 Å². The molecule has 1 aliphatic carbocycles. The smallest absolute Gasteiger partial charge is 0.135 e. The average molecular weight is 312 g/mol. The molecule has 18 heavy (non-hydrogen) atoms. The molecule has 1 aromatic carbocycles. The molecule has 0 saturated heterocycles. The fourth-order valence-electron chi connectivity index (χ4n) is 3.13. The summed E-state index contributed by atoms with van der Waals surface area (Å²) in [5.74, 6) is 0.932. The molecule has 1 fully saturated rings. The van der Waals surface area contributed by atoms with Crippen LogP contribution in [0.15, 0.2) is 16.6 Å². The van der Waals surface area contributed by atoms with Gasteiger partial charge in [0.2, 0.25) is 0 Å². The van der Waals surface area contributed by atoms with E-state index in [0.717, 1.165) is 16.8 Å². The molecule has 3 heteroatoms. The van der Waals surface area contributed by atoms with Crippen LogP contribution in [0.2, 0.25) is 0 Å². The lowest BCUT2D eigenvalue weighted by molar-refractivity contribution is 0.300. The molecule has 0 atom stereocenters. The first-order valence-electron chi connectivity index (χ1n) is 6.67. The van der Waals surface area contributed by atoms with E-state index < -0.39 is 0 Å². The molecular formula is C15H22BrNO. The molecule has 1 saturated carbocycles. The fourth-order valence-corrected chi connectivity index (χ4v) is 3.86. The highest BCUT2D eigenvalue weighted by Gasteiger charge is 2.33. The quantitative estimate of drug-likeness (QED) is 0.918. The number of benzene rings is 1. The van der Waals surface area contributed by atoms with Crippen molar-refractivity contribution in [1.82, 2.24) is 0 Å². The lowest BCUT2D eigenvalue weighted by Gasteiger charge is -2.37. The monoisotopic (exact) mass is 311 g/mol. The van der Waals surface area contributed by atoms with Crippen molar-refractivity contribution >= 4 is 15.9 Å². The summed E-state index contributed by atoms with van der Waals surface area (Å²) < 4.78 is 6.45. The van der Waals surface area contributed by atoms with Crippen molar-refractivity contribution in [3.8, 4) is 5.75 Å². The van der Waals surface area contributed by atoms with E-state index in [-0.39, 0.29) is 5.41 Å². The van der Waals surface area contributed by atoms with Crippen molar-refractivity contribution in [3.63, 3.8) is 0 Å². The molecule has 0 amide bonds. The van der Waals surface area contributed by atoms with Crippen LogP contribution in [0.4, 0.5) is 0 Å². The lowest BCUT2D eigenvalue weighted by atomic mass is 9.69. The molecule has 1 aliphatic rings. The molecule has 2 rings (SSSR count). The minimum absolute atomic E-state index is 0.178. The van der Waals surface area contributed by atoms with Crippen LogP contribution in [0.5, 0.6) is 5.75 Å². The highest BCUT2D eigenvalue weighted by molar-refractivity contribution is 9.10. The summed E-state index contributed by atoms with van der Waals surface area (Å²) in [7, 11) is 1.71. The van der Waals surface area contributed by atoms with E-state index in [2.05, 4.69) is 35.0 Å². The third-order valence-electron chi connectivity index (χ3n) is 4.25. The van der Waals surface area contributed by atoms with Crippen molar-refractivity contribution in [2.75, 3.05) is 13.7 Å². The predicted molar refractivity (Wildman–Crippen MR) is 79.2 cm³/mol. The molecule has 2 N–H and O–H groups in total. The second kappa shape index (κ2) is 5.62. The van der Waals surface area contributed by atoms with Crippen molar-refractivity contribution in [1.29, 1.82) is 0 Å². The number of halogens is 1. The maximum Gasteiger partial charge on any atom is 0.135 e. The molecule has 0 unspecified atom stereocenters. The second-order valence-corrected chi connectivity index (χ2v) is 6.21. The maximum absolute atomic E-state index is 6.09. The Morgan fingerprint density at radius 2 is 1.94 bits per heavy atom. The van der Waals surface area contributed by atoms with Crippen molar-refractivity contribution < 1.29 is 4.74 Å². The largest absolute Gasteiger partial charge is 0.495 e. The van der Waals surface area contributed by atoms with E-state index in [1.54, 1.807) is 7.11 Å². The molecule has 0 aliphatic heterocycles. The molecule has 0 aromatic heterocycles. The van der Waals surface area contributed by atoms with E-state index in [4.69, 9.17) is 10.5 Å². The molecule has 100 valence electrons. The molecule has 1 aromatic rings. The predicted octanol–water partition coefficient (Wildman–Crippen LogP) is 3.93. The third kappa shape index (κ3) is 2.43. The zero-order valence-electron chi connectivity index (χ0n) is 11.3. The van der Waals surface area contributed by atoms with E-state index in [0.29, 0.717) is 0 Å². The van der Waals surface area contributed by atoms with Crippen LogP contribution in [0.1, 0.15) is 43.2 Å². The fraction of sp³-hybridized carbons (Fsp3) is 0.600. The van der Waals surface area contributed by atoms with E-state index in [1.807, 2.05) is 0 Å². The number of nitrogens with two attached hydrogens (primary N) is 1. The summed E-state index contributed by atoms with van der Waals surface area (Å²) in [5.41, 5.74) is 8.82. The van der Waals surface area contributed by atoms with Crippen molar-refractivity contribution in [3.05, 3.63) is 27.7 Å². The SMILES string of the molecule is COc1c(C)cc(C2(CN)CCCCC2)cc1Br. The third-order valence-corrected chi connectivity index (χ3v) is 4.84. The number of aryl methyl sites for hydroxylation is 1. The number of ether oxygens (including phenoxy) is 1. The Balaban J connectivity index is 2.43. The van der Waals surface area contributed by atoms with Gasteiger partial charge in [0.05, 0.1) is 11.6 Å². The van der Waals surface area contributed by atoms with Crippen molar-refractivity contribution in [2.24, 2.45) is 5.73 Å². The number of hydrogen-bond acceptors (Lipinski definition) is 2. The summed E-state index contributed by atoms with van der Waals surface area (Å²) in [4.78, 5) is 0. The van der Waals surface area contributed by atoms with Gasteiger partial charge in [0.1, 0.15) is 5.75 Å². The van der Waals surface area contributed by atoms with Gasteiger partial charge in [0, 0.05) is 12.0 Å². The molecule has 2 nitrogen and oxygen atoms in total. The standard InChI is InChI=1S/C15H22BrNO/c1-11-8-12(9-13(16)14(11)18-2)15(10-17)6-4-3-5-7-15/h8-9H,3-7,10,17H2,1-2H3. The van der Waals surface area contributed by atoms with Crippen LogP contribution >= 0.6 is 15.9 Å². The number of hydrogen-bond donors (Lipinski definition) is 1. The molecule has 0 bridgehead atoms. The summed E-state index contributed by atoms with van der Waals surface area (Å²) >= 11 is 3.61. The second-order valence-electron chi connectivity index (χ2n) is 5.35. The summed E-state index contributed by atoms with van der Waals surface area (Å²) in [6.45, 7) is 2.84. The summed E-state index contributed by atoms with van der Waals surface area (Å²) in [6.07, 6.45) is 6.35. The van der Waals surface area contributed by atoms with E-state index in [1.165, 1.54) is 43.2 Å². The molecule has 0 heterocycles. The first kappa shape index (κ1) is 13.9. The van der Waals surface area contributed by atoms with Gasteiger partial charge in [-0.1, -0.05) is 25.3 Å². The van der Waals surface area contributed by atoms with Gasteiger partial charge < -0.3 is 10.5 Å². The summed E-state index contributed by atoms with van der Waals surface area (Å²) in [5, 5.41) is 0. The average Bonchev–Trinajstić information content (AvgIpc) is 2.39. The van der Waals surface area contributed by atoms with Gasteiger partial charge in [-0.25, -0.2) is 0 Å². The Morgan fingerprint density at radius 3 is 2.44 bits per heavy atom. The van der Waals surface area contributed by atoms with Gasteiger partial charge in [0.25, 0.3) is 0 Å². The topological polar surface area (TPSA) is 35.2 Å². The Bertz CT molecular complexity index is 401. The highest BCUT2D eigenvalue weighted by atomic mass is 79.9. The van der Waals surface area contributed by atoms with Crippen LogP contribution in [0, 0.1) is 6.92 Å². The zero-order valence-corrected chi connectivity index (χ0v) is 12.8. The van der Waals surface area contributed by atoms with Gasteiger partial charge in [-0.3, -0.25) is 0 Å². The van der Waals surface area contributed by atoms with E-state index in [9.17, 15) is 0 Å².